The van der Waals surface area contributed by atoms with E-state index in [1.54, 1.807) is 0 Å². The summed E-state index contributed by atoms with van der Waals surface area (Å²) in [5.41, 5.74) is 0. The van der Waals surface area contributed by atoms with Crippen molar-refractivity contribution in [1.82, 2.24) is 0 Å². The molecule has 0 fully saturated rings. The standard InChI is InChI=1S/C16H28O2/c1-4-6-7-8-9-10-11-12-13-14-16(5-2)18-15(3)17/h4,6-7,16H,1,5,8-14H2,2-3H3/b7-6+. The van der Waals surface area contributed by atoms with Gasteiger partial charge in [0.2, 0.25) is 0 Å². The van der Waals surface area contributed by atoms with Crippen LogP contribution in [0.4, 0.5) is 0 Å². The van der Waals surface area contributed by atoms with E-state index in [1.807, 2.05) is 12.2 Å². The lowest BCUT2D eigenvalue weighted by atomic mass is 10.1. The molecular formula is C16H28O2. The van der Waals surface area contributed by atoms with Gasteiger partial charge in [0, 0.05) is 6.92 Å². The van der Waals surface area contributed by atoms with Crippen LogP contribution in [0.15, 0.2) is 24.8 Å². The van der Waals surface area contributed by atoms with E-state index in [-0.39, 0.29) is 12.1 Å². The van der Waals surface area contributed by atoms with Crippen molar-refractivity contribution in [3.8, 4) is 0 Å². The number of esters is 1. The lowest BCUT2D eigenvalue weighted by Gasteiger charge is -2.14. The van der Waals surface area contributed by atoms with Crippen molar-refractivity contribution in [3.05, 3.63) is 24.8 Å². The summed E-state index contributed by atoms with van der Waals surface area (Å²) in [6.45, 7) is 7.20. The zero-order valence-electron chi connectivity index (χ0n) is 12.0. The average molecular weight is 252 g/mol. The fraction of sp³-hybridized carbons (Fsp3) is 0.688. The minimum Gasteiger partial charge on any atom is -0.463 e. The molecule has 0 N–H and O–H groups in total. The normalized spacial score (nSPS) is 12.6. The van der Waals surface area contributed by atoms with E-state index in [2.05, 4.69) is 19.6 Å². The predicted octanol–water partition coefficient (Wildman–Crippen LogP) is 4.80. The van der Waals surface area contributed by atoms with Gasteiger partial charge in [-0.3, -0.25) is 4.79 Å². The van der Waals surface area contributed by atoms with Crippen molar-refractivity contribution in [1.29, 1.82) is 0 Å². The lowest BCUT2D eigenvalue weighted by molar-refractivity contribution is -0.146. The first-order chi connectivity index (χ1) is 8.70. The highest BCUT2D eigenvalue weighted by molar-refractivity contribution is 5.66. The minimum atomic E-state index is -0.157. The second-order valence-electron chi connectivity index (χ2n) is 4.65. The molecule has 0 aliphatic heterocycles. The first-order valence-corrected chi connectivity index (χ1v) is 7.15. The number of carbonyl (C=O) groups is 1. The molecule has 0 aliphatic carbocycles. The highest BCUT2D eigenvalue weighted by atomic mass is 16.5. The third kappa shape index (κ3) is 11.4. The van der Waals surface area contributed by atoms with Crippen molar-refractivity contribution in [2.45, 2.75) is 71.3 Å². The SMILES string of the molecule is C=C/C=C/CCCCCCCC(CC)OC(C)=O. The summed E-state index contributed by atoms with van der Waals surface area (Å²) in [5.74, 6) is -0.157. The second kappa shape index (κ2) is 12.4. The van der Waals surface area contributed by atoms with E-state index in [1.165, 1.54) is 32.6 Å². The molecule has 0 bridgehead atoms. The third-order valence-corrected chi connectivity index (χ3v) is 2.96. The van der Waals surface area contributed by atoms with E-state index in [0.29, 0.717) is 0 Å². The summed E-state index contributed by atoms with van der Waals surface area (Å²) in [7, 11) is 0. The Labute approximate surface area is 112 Å². The quantitative estimate of drug-likeness (QED) is 0.300. The molecule has 0 saturated carbocycles. The van der Waals surface area contributed by atoms with Gasteiger partial charge in [-0.2, -0.15) is 0 Å². The van der Waals surface area contributed by atoms with Crippen LogP contribution < -0.4 is 0 Å². The van der Waals surface area contributed by atoms with Gasteiger partial charge in [-0.1, -0.05) is 51.0 Å². The molecule has 0 spiro atoms. The number of ether oxygens (including phenoxy) is 1. The van der Waals surface area contributed by atoms with Gasteiger partial charge in [0.1, 0.15) is 6.10 Å². The number of carbonyl (C=O) groups excluding carboxylic acids is 1. The fourth-order valence-corrected chi connectivity index (χ4v) is 1.94. The van der Waals surface area contributed by atoms with E-state index in [9.17, 15) is 4.79 Å². The summed E-state index contributed by atoms with van der Waals surface area (Å²) in [4.78, 5) is 10.8. The van der Waals surface area contributed by atoms with Crippen molar-refractivity contribution in [3.63, 3.8) is 0 Å². The van der Waals surface area contributed by atoms with Crippen LogP contribution in [0, 0.1) is 0 Å². The van der Waals surface area contributed by atoms with Gasteiger partial charge < -0.3 is 4.74 Å². The zero-order chi connectivity index (χ0) is 13.6. The van der Waals surface area contributed by atoms with Gasteiger partial charge in [-0.15, -0.1) is 0 Å². The fourth-order valence-electron chi connectivity index (χ4n) is 1.94. The van der Waals surface area contributed by atoms with E-state index in [4.69, 9.17) is 4.74 Å². The number of unbranched alkanes of at least 4 members (excludes halogenated alkanes) is 5. The zero-order valence-corrected chi connectivity index (χ0v) is 12.0. The lowest BCUT2D eigenvalue weighted by Crippen LogP contribution is -2.14. The van der Waals surface area contributed by atoms with E-state index >= 15 is 0 Å². The number of rotatable bonds is 11. The van der Waals surface area contributed by atoms with Crippen LogP contribution in [-0.2, 0) is 9.53 Å². The molecule has 0 aromatic rings. The maximum atomic E-state index is 10.8. The molecular weight excluding hydrogens is 224 g/mol. The molecule has 0 aromatic carbocycles. The Bertz CT molecular complexity index is 243. The molecule has 18 heavy (non-hydrogen) atoms. The molecule has 2 nitrogen and oxygen atoms in total. The molecule has 0 radical (unpaired) electrons. The van der Waals surface area contributed by atoms with E-state index < -0.39 is 0 Å². The largest absolute Gasteiger partial charge is 0.463 e. The summed E-state index contributed by atoms with van der Waals surface area (Å²) < 4.78 is 5.21. The third-order valence-electron chi connectivity index (χ3n) is 2.96. The molecule has 0 aliphatic rings. The molecule has 0 heterocycles. The van der Waals surface area contributed by atoms with Crippen molar-refractivity contribution in [2.24, 2.45) is 0 Å². The summed E-state index contributed by atoms with van der Waals surface area (Å²) in [5, 5.41) is 0. The summed E-state index contributed by atoms with van der Waals surface area (Å²) >= 11 is 0. The molecule has 1 unspecified atom stereocenters. The Morgan fingerprint density at radius 2 is 1.89 bits per heavy atom. The Balaban J connectivity index is 3.35. The highest BCUT2D eigenvalue weighted by Crippen LogP contribution is 2.12. The van der Waals surface area contributed by atoms with Crippen LogP contribution in [0.25, 0.3) is 0 Å². The van der Waals surface area contributed by atoms with Crippen molar-refractivity contribution < 1.29 is 9.53 Å². The maximum absolute atomic E-state index is 10.8. The summed E-state index contributed by atoms with van der Waals surface area (Å²) in [6, 6.07) is 0. The Hall–Kier alpha value is -1.05. The van der Waals surface area contributed by atoms with Crippen LogP contribution in [0.5, 0.6) is 0 Å². The van der Waals surface area contributed by atoms with Gasteiger partial charge in [-0.25, -0.2) is 0 Å². The Morgan fingerprint density at radius 1 is 1.22 bits per heavy atom. The molecule has 0 aromatic heterocycles. The second-order valence-corrected chi connectivity index (χ2v) is 4.65. The first-order valence-electron chi connectivity index (χ1n) is 7.15. The van der Waals surface area contributed by atoms with Crippen LogP contribution in [0.1, 0.15) is 65.2 Å². The van der Waals surface area contributed by atoms with Gasteiger partial charge in [0.25, 0.3) is 0 Å². The maximum Gasteiger partial charge on any atom is 0.302 e. The monoisotopic (exact) mass is 252 g/mol. The number of hydrogen-bond acceptors (Lipinski definition) is 2. The van der Waals surface area contributed by atoms with Crippen LogP contribution in [-0.4, -0.2) is 12.1 Å². The van der Waals surface area contributed by atoms with Crippen molar-refractivity contribution >= 4 is 5.97 Å². The molecule has 104 valence electrons. The van der Waals surface area contributed by atoms with E-state index in [0.717, 1.165) is 25.7 Å². The average Bonchev–Trinajstić information content (AvgIpc) is 2.35. The van der Waals surface area contributed by atoms with Crippen LogP contribution in [0.2, 0.25) is 0 Å². The predicted molar refractivity (Wildman–Crippen MR) is 77.5 cm³/mol. The molecule has 1 atom stereocenters. The van der Waals surface area contributed by atoms with Crippen LogP contribution in [0.3, 0.4) is 0 Å². The topological polar surface area (TPSA) is 26.3 Å². The Kier molecular flexibility index (Phi) is 11.7. The van der Waals surface area contributed by atoms with Gasteiger partial charge in [0.05, 0.1) is 0 Å². The molecule has 0 rings (SSSR count). The van der Waals surface area contributed by atoms with Gasteiger partial charge in [0.15, 0.2) is 0 Å². The van der Waals surface area contributed by atoms with Crippen molar-refractivity contribution in [2.75, 3.05) is 0 Å². The smallest absolute Gasteiger partial charge is 0.302 e. The number of hydrogen-bond donors (Lipinski definition) is 0. The molecule has 2 heteroatoms. The highest BCUT2D eigenvalue weighted by Gasteiger charge is 2.08. The van der Waals surface area contributed by atoms with Gasteiger partial charge in [-0.05, 0) is 32.1 Å². The molecule has 0 saturated heterocycles. The first kappa shape index (κ1) is 16.9. The Morgan fingerprint density at radius 3 is 2.50 bits per heavy atom. The molecule has 0 amide bonds. The summed E-state index contributed by atoms with van der Waals surface area (Å²) in [6.07, 6.45) is 15.4. The van der Waals surface area contributed by atoms with Gasteiger partial charge >= 0.3 is 5.97 Å². The minimum absolute atomic E-state index is 0.123. The number of allylic oxidation sites excluding steroid dienone is 3. The van der Waals surface area contributed by atoms with Crippen LogP contribution >= 0.6 is 0 Å².